The summed E-state index contributed by atoms with van der Waals surface area (Å²) >= 11 is 1.68. The highest BCUT2D eigenvalue weighted by atomic mass is 32.1. The Morgan fingerprint density at radius 2 is 2.35 bits per heavy atom. The fraction of sp³-hybridized carbons (Fsp3) is 0.588. The van der Waals surface area contributed by atoms with Gasteiger partial charge in [0.05, 0.1) is 31.3 Å². The first-order valence-corrected chi connectivity index (χ1v) is 9.22. The van der Waals surface area contributed by atoms with Crippen molar-refractivity contribution in [3.05, 3.63) is 40.1 Å². The number of ether oxygens (including phenoxy) is 1. The first kappa shape index (κ1) is 15.3. The van der Waals surface area contributed by atoms with Gasteiger partial charge in [-0.25, -0.2) is 4.98 Å². The van der Waals surface area contributed by atoms with Crippen molar-refractivity contribution < 1.29 is 9.84 Å². The van der Waals surface area contributed by atoms with E-state index in [0.29, 0.717) is 25.8 Å². The fourth-order valence-corrected chi connectivity index (χ4v) is 3.89. The SMILES string of the molecule is O[C@@H](COCc1cccs1)CN1CCc2c(ncn2C2CC2)C1. The van der Waals surface area contributed by atoms with Crippen LogP contribution in [-0.4, -0.2) is 45.4 Å². The van der Waals surface area contributed by atoms with Crippen molar-refractivity contribution in [1.29, 1.82) is 0 Å². The summed E-state index contributed by atoms with van der Waals surface area (Å²) in [6, 6.07) is 4.78. The molecule has 0 bridgehead atoms. The number of thiophene rings is 1. The van der Waals surface area contributed by atoms with Crippen LogP contribution in [0.3, 0.4) is 0 Å². The van der Waals surface area contributed by atoms with Crippen LogP contribution in [0.4, 0.5) is 0 Å². The molecule has 0 unspecified atom stereocenters. The van der Waals surface area contributed by atoms with E-state index in [-0.39, 0.29) is 0 Å². The Kier molecular flexibility index (Phi) is 4.48. The van der Waals surface area contributed by atoms with E-state index in [2.05, 4.69) is 20.5 Å². The summed E-state index contributed by atoms with van der Waals surface area (Å²) in [4.78, 5) is 8.06. The maximum Gasteiger partial charge on any atom is 0.0954 e. The van der Waals surface area contributed by atoms with Crippen LogP contribution in [0.2, 0.25) is 0 Å². The molecule has 6 heteroatoms. The third-order valence-corrected chi connectivity index (χ3v) is 5.41. The van der Waals surface area contributed by atoms with Crippen molar-refractivity contribution in [2.24, 2.45) is 0 Å². The van der Waals surface area contributed by atoms with Crippen LogP contribution in [0.5, 0.6) is 0 Å². The molecule has 2 aromatic heterocycles. The summed E-state index contributed by atoms with van der Waals surface area (Å²) in [5, 5.41) is 12.2. The van der Waals surface area contributed by atoms with E-state index in [1.165, 1.54) is 29.1 Å². The quantitative estimate of drug-likeness (QED) is 0.844. The first-order chi connectivity index (χ1) is 11.3. The molecule has 1 aliphatic carbocycles. The predicted molar refractivity (Wildman–Crippen MR) is 89.5 cm³/mol. The number of aliphatic hydroxyl groups is 1. The van der Waals surface area contributed by atoms with E-state index < -0.39 is 6.10 Å². The van der Waals surface area contributed by atoms with E-state index in [1.54, 1.807) is 11.3 Å². The Morgan fingerprint density at radius 3 is 3.13 bits per heavy atom. The molecule has 0 radical (unpaired) electrons. The van der Waals surface area contributed by atoms with Crippen LogP contribution in [-0.2, 0) is 24.3 Å². The second-order valence-corrected chi connectivity index (χ2v) is 7.54. The zero-order valence-electron chi connectivity index (χ0n) is 13.2. The van der Waals surface area contributed by atoms with E-state index in [9.17, 15) is 5.11 Å². The predicted octanol–water partition coefficient (Wildman–Crippen LogP) is 2.22. The van der Waals surface area contributed by atoms with Crippen molar-refractivity contribution >= 4 is 11.3 Å². The Labute approximate surface area is 140 Å². The Bertz CT molecular complexity index is 636. The summed E-state index contributed by atoms with van der Waals surface area (Å²) in [5.41, 5.74) is 2.60. The first-order valence-electron chi connectivity index (χ1n) is 8.34. The lowest BCUT2D eigenvalue weighted by Crippen LogP contribution is -2.38. The van der Waals surface area contributed by atoms with Gasteiger partial charge in [0.25, 0.3) is 0 Å². The van der Waals surface area contributed by atoms with E-state index in [0.717, 1.165) is 19.5 Å². The number of hydrogen-bond acceptors (Lipinski definition) is 5. The molecule has 3 heterocycles. The number of nitrogens with zero attached hydrogens (tertiary/aromatic N) is 3. The summed E-state index contributed by atoms with van der Waals surface area (Å²) in [7, 11) is 0. The molecule has 0 saturated heterocycles. The highest BCUT2D eigenvalue weighted by molar-refractivity contribution is 7.09. The molecule has 1 atom stereocenters. The van der Waals surface area contributed by atoms with Gasteiger partial charge in [0.15, 0.2) is 0 Å². The highest BCUT2D eigenvalue weighted by Gasteiger charge is 2.29. The standard InChI is InChI=1S/C17H23N3O2S/c21-14(10-22-11-15-2-1-7-23-15)8-19-6-5-17-16(9-19)18-12-20(17)13-3-4-13/h1-2,7,12-14,21H,3-6,8-11H2/t14-/m1/s1. The zero-order valence-corrected chi connectivity index (χ0v) is 14.0. The van der Waals surface area contributed by atoms with Crippen molar-refractivity contribution in [3.8, 4) is 0 Å². The van der Waals surface area contributed by atoms with Gasteiger partial charge in [-0.2, -0.15) is 0 Å². The number of fused-ring (bicyclic) bond motifs is 1. The van der Waals surface area contributed by atoms with Gasteiger partial charge in [0.2, 0.25) is 0 Å². The maximum atomic E-state index is 10.2. The van der Waals surface area contributed by atoms with Crippen LogP contribution in [0.1, 0.15) is 35.1 Å². The number of imidazole rings is 1. The molecule has 0 aromatic carbocycles. The number of rotatable bonds is 7. The zero-order chi connectivity index (χ0) is 15.6. The summed E-state index contributed by atoms with van der Waals surface area (Å²) in [5.74, 6) is 0. The monoisotopic (exact) mass is 333 g/mol. The summed E-state index contributed by atoms with van der Waals surface area (Å²) in [6.07, 6.45) is 5.20. The third-order valence-electron chi connectivity index (χ3n) is 4.56. The van der Waals surface area contributed by atoms with Crippen LogP contribution in [0.15, 0.2) is 23.8 Å². The molecule has 0 spiro atoms. The Hall–Kier alpha value is -1.21. The van der Waals surface area contributed by atoms with Crippen LogP contribution in [0.25, 0.3) is 0 Å². The van der Waals surface area contributed by atoms with Crippen LogP contribution < -0.4 is 0 Å². The van der Waals surface area contributed by atoms with Gasteiger partial charge in [-0.1, -0.05) is 6.07 Å². The van der Waals surface area contributed by atoms with Gasteiger partial charge in [-0.15, -0.1) is 11.3 Å². The molecule has 5 nitrogen and oxygen atoms in total. The molecule has 2 aromatic rings. The van der Waals surface area contributed by atoms with Crippen molar-refractivity contribution in [3.63, 3.8) is 0 Å². The van der Waals surface area contributed by atoms with Gasteiger partial charge >= 0.3 is 0 Å². The molecule has 2 aliphatic rings. The largest absolute Gasteiger partial charge is 0.389 e. The lowest BCUT2D eigenvalue weighted by molar-refractivity contribution is 0.00818. The molecule has 1 N–H and O–H groups in total. The van der Waals surface area contributed by atoms with Gasteiger partial charge < -0.3 is 14.4 Å². The minimum absolute atomic E-state index is 0.387. The van der Waals surface area contributed by atoms with E-state index in [1.807, 2.05) is 17.8 Å². The minimum Gasteiger partial charge on any atom is -0.389 e. The number of β-amino-alcohol motifs (C(OH)–C–C–N with tert-alkyl or cyclic N) is 1. The smallest absolute Gasteiger partial charge is 0.0954 e. The average Bonchev–Trinajstić information content (AvgIpc) is 3.09. The fourth-order valence-electron chi connectivity index (χ4n) is 3.25. The van der Waals surface area contributed by atoms with Gasteiger partial charge in [0.1, 0.15) is 0 Å². The molecule has 1 aliphatic heterocycles. The average molecular weight is 333 g/mol. The Balaban J connectivity index is 1.24. The number of aromatic nitrogens is 2. The van der Waals surface area contributed by atoms with Gasteiger partial charge in [-0.3, -0.25) is 4.90 Å². The topological polar surface area (TPSA) is 50.5 Å². The minimum atomic E-state index is -0.443. The normalized spacial score (nSPS) is 19.7. The van der Waals surface area contributed by atoms with Crippen molar-refractivity contribution in [2.45, 2.75) is 44.6 Å². The lowest BCUT2D eigenvalue weighted by atomic mass is 10.1. The maximum absolute atomic E-state index is 10.2. The van der Waals surface area contributed by atoms with E-state index >= 15 is 0 Å². The second-order valence-electron chi connectivity index (χ2n) is 6.51. The highest BCUT2D eigenvalue weighted by Crippen LogP contribution is 2.37. The van der Waals surface area contributed by atoms with Gasteiger partial charge in [-0.05, 0) is 24.3 Å². The number of aliphatic hydroxyl groups excluding tert-OH is 1. The molecular formula is C17H23N3O2S. The van der Waals surface area contributed by atoms with Crippen LogP contribution >= 0.6 is 11.3 Å². The van der Waals surface area contributed by atoms with E-state index in [4.69, 9.17) is 4.74 Å². The molecule has 124 valence electrons. The lowest BCUT2D eigenvalue weighted by Gasteiger charge is -2.28. The summed E-state index contributed by atoms with van der Waals surface area (Å²) < 4.78 is 7.98. The second kappa shape index (κ2) is 6.73. The molecule has 4 rings (SSSR count). The third kappa shape index (κ3) is 3.66. The van der Waals surface area contributed by atoms with Crippen LogP contribution in [0, 0.1) is 0 Å². The van der Waals surface area contributed by atoms with Crippen molar-refractivity contribution in [1.82, 2.24) is 14.5 Å². The number of hydrogen-bond donors (Lipinski definition) is 1. The molecular weight excluding hydrogens is 310 g/mol. The van der Waals surface area contributed by atoms with Gasteiger partial charge in [0, 0.05) is 42.7 Å². The molecule has 0 amide bonds. The molecule has 1 fully saturated rings. The Morgan fingerprint density at radius 1 is 1.43 bits per heavy atom. The molecule has 23 heavy (non-hydrogen) atoms. The van der Waals surface area contributed by atoms with Crippen molar-refractivity contribution in [2.75, 3.05) is 19.7 Å². The summed E-state index contributed by atoms with van der Waals surface area (Å²) in [6.45, 7) is 3.47. The molecule has 1 saturated carbocycles.